The molecule has 1 aliphatic heterocycles. The van der Waals surface area contributed by atoms with Gasteiger partial charge in [0.25, 0.3) is 0 Å². The monoisotopic (exact) mass is 456 g/mol. The van der Waals surface area contributed by atoms with E-state index in [1.165, 1.54) is 24.0 Å². The minimum absolute atomic E-state index is 0.588. The first-order valence-corrected chi connectivity index (χ1v) is 12.0. The number of rotatable bonds is 7. The molecule has 1 fully saturated rings. The third kappa shape index (κ3) is 5.72. The molecule has 1 aromatic heterocycles. The number of piperidine rings is 1. The molecule has 1 saturated heterocycles. The number of anilines is 2. The van der Waals surface area contributed by atoms with Crippen molar-refractivity contribution in [2.24, 2.45) is 0 Å². The number of benzene rings is 3. The lowest BCUT2D eigenvalue weighted by molar-refractivity contribution is 0.190. The van der Waals surface area contributed by atoms with Crippen LogP contribution in [0.1, 0.15) is 24.0 Å². The maximum atomic E-state index is 6.11. The molecule has 0 bridgehead atoms. The minimum Gasteiger partial charge on any atom is -0.355 e. The highest BCUT2D eigenvalue weighted by molar-refractivity contribution is 6.31. The van der Waals surface area contributed by atoms with Crippen LogP contribution in [-0.4, -0.2) is 29.0 Å². The molecule has 0 atom stereocenters. The smallest absolute Gasteiger partial charge is 0.0737 e. The third-order valence-electron chi connectivity index (χ3n) is 6.37. The Kier molecular flexibility index (Phi) is 6.87. The number of pyridine rings is 1. The number of hydrogen-bond donors (Lipinski definition) is 2. The first kappa shape index (κ1) is 21.9. The number of nitrogens with zero attached hydrogens (tertiary/aromatic N) is 2. The van der Waals surface area contributed by atoms with Gasteiger partial charge in [0.1, 0.15) is 0 Å². The second-order valence-corrected chi connectivity index (χ2v) is 9.20. The van der Waals surface area contributed by atoms with Crippen molar-refractivity contribution in [1.29, 1.82) is 0 Å². The van der Waals surface area contributed by atoms with Crippen LogP contribution in [0.4, 0.5) is 11.4 Å². The molecule has 3 aromatic carbocycles. The lowest BCUT2D eigenvalue weighted by atomic mass is 10.0. The Morgan fingerprint density at radius 1 is 0.879 bits per heavy atom. The van der Waals surface area contributed by atoms with Gasteiger partial charge >= 0.3 is 0 Å². The van der Waals surface area contributed by atoms with Crippen LogP contribution in [-0.2, 0) is 13.1 Å². The highest BCUT2D eigenvalue weighted by Crippen LogP contribution is 2.27. The first-order valence-electron chi connectivity index (χ1n) is 11.6. The van der Waals surface area contributed by atoms with Gasteiger partial charge in [-0.2, -0.15) is 0 Å². The van der Waals surface area contributed by atoms with Crippen molar-refractivity contribution in [1.82, 2.24) is 15.2 Å². The molecule has 0 saturated carbocycles. The van der Waals surface area contributed by atoms with Gasteiger partial charge in [-0.3, -0.25) is 9.88 Å². The van der Waals surface area contributed by atoms with E-state index in [1.807, 2.05) is 30.5 Å². The zero-order chi connectivity index (χ0) is 22.5. The molecule has 1 aliphatic rings. The van der Waals surface area contributed by atoms with Gasteiger partial charge in [0.2, 0.25) is 0 Å². The van der Waals surface area contributed by atoms with Gasteiger partial charge < -0.3 is 10.6 Å². The van der Waals surface area contributed by atoms with Crippen molar-refractivity contribution in [3.63, 3.8) is 0 Å². The van der Waals surface area contributed by atoms with Gasteiger partial charge in [-0.15, -0.1) is 0 Å². The second kappa shape index (κ2) is 10.3. The van der Waals surface area contributed by atoms with Gasteiger partial charge in [-0.1, -0.05) is 54.1 Å². The molecule has 168 valence electrons. The third-order valence-corrected chi connectivity index (χ3v) is 6.60. The van der Waals surface area contributed by atoms with Crippen LogP contribution in [0.3, 0.4) is 0 Å². The SMILES string of the molecule is Clc1ccc2c(Nc3ccc(CNC4CCN(Cc5ccccc5)CC4)cc3)ccnc2c1. The summed E-state index contributed by atoms with van der Waals surface area (Å²) in [7, 11) is 0. The summed E-state index contributed by atoms with van der Waals surface area (Å²) in [5.74, 6) is 0. The quantitative estimate of drug-likeness (QED) is 0.338. The topological polar surface area (TPSA) is 40.2 Å². The molecule has 5 heteroatoms. The van der Waals surface area contributed by atoms with Crippen molar-refractivity contribution in [2.45, 2.75) is 32.0 Å². The van der Waals surface area contributed by atoms with Crippen LogP contribution in [0.5, 0.6) is 0 Å². The van der Waals surface area contributed by atoms with E-state index in [-0.39, 0.29) is 0 Å². The molecule has 0 aliphatic carbocycles. The molecule has 0 radical (unpaired) electrons. The average Bonchev–Trinajstić information content (AvgIpc) is 2.85. The van der Waals surface area contributed by atoms with Gasteiger partial charge in [-0.25, -0.2) is 0 Å². The Bertz CT molecular complexity index is 1190. The fraction of sp³-hybridized carbons (Fsp3) is 0.250. The Labute approximate surface area is 200 Å². The van der Waals surface area contributed by atoms with Crippen LogP contribution >= 0.6 is 11.6 Å². The maximum Gasteiger partial charge on any atom is 0.0737 e. The number of likely N-dealkylation sites (tertiary alicyclic amines) is 1. The van der Waals surface area contributed by atoms with E-state index in [4.69, 9.17) is 11.6 Å². The summed E-state index contributed by atoms with van der Waals surface area (Å²) >= 11 is 6.11. The maximum absolute atomic E-state index is 6.11. The van der Waals surface area contributed by atoms with Gasteiger partial charge in [-0.05, 0) is 73.5 Å². The van der Waals surface area contributed by atoms with E-state index in [0.717, 1.165) is 48.5 Å². The second-order valence-electron chi connectivity index (χ2n) is 8.76. The average molecular weight is 457 g/mol. The van der Waals surface area contributed by atoms with E-state index in [2.05, 4.69) is 75.1 Å². The number of nitrogens with one attached hydrogen (secondary N) is 2. The summed E-state index contributed by atoms with van der Waals surface area (Å²) < 4.78 is 0. The molecule has 4 aromatic rings. The van der Waals surface area contributed by atoms with Crippen LogP contribution in [0, 0.1) is 0 Å². The molecule has 4 nitrogen and oxygen atoms in total. The zero-order valence-corrected chi connectivity index (χ0v) is 19.4. The Morgan fingerprint density at radius 3 is 2.45 bits per heavy atom. The van der Waals surface area contributed by atoms with Gasteiger partial charge in [0.15, 0.2) is 0 Å². The summed E-state index contributed by atoms with van der Waals surface area (Å²) in [4.78, 5) is 6.98. The Morgan fingerprint density at radius 2 is 1.67 bits per heavy atom. The van der Waals surface area contributed by atoms with Crippen molar-refractivity contribution < 1.29 is 0 Å². The minimum atomic E-state index is 0.588. The summed E-state index contributed by atoms with van der Waals surface area (Å²) in [6.45, 7) is 4.27. The Hall–Kier alpha value is -2.92. The van der Waals surface area contributed by atoms with Crippen molar-refractivity contribution >= 4 is 33.9 Å². The zero-order valence-electron chi connectivity index (χ0n) is 18.7. The number of aromatic nitrogens is 1. The molecule has 33 heavy (non-hydrogen) atoms. The molecule has 2 N–H and O–H groups in total. The predicted octanol–water partition coefficient (Wildman–Crippen LogP) is 6.39. The van der Waals surface area contributed by atoms with Crippen LogP contribution in [0.25, 0.3) is 10.9 Å². The summed E-state index contributed by atoms with van der Waals surface area (Å²) in [5.41, 5.74) is 5.70. The highest BCUT2D eigenvalue weighted by atomic mass is 35.5. The number of hydrogen-bond acceptors (Lipinski definition) is 4. The summed E-state index contributed by atoms with van der Waals surface area (Å²) in [6.07, 6.45) is 4.21. The normalized spacial score (nSPS) is 15.1. The first-order chi connectivity index (χ1) is 16.2. The van der Waals surface area contributed by atoms with E-state index in [1.54, 1.807) is 0 Å². The van der Waals surface area contributed by atoms with Gasteiger partial charge in [0, 0.05) is 47.1 Å². The van der Waals surface area contributed by atoms with Crippen molar-refractivity contribution in [2.75, 3.05) is 18.4 Å². The highest BCUT2D eigenvalue weighted by Gasteiger charge is 2.18. The van der Waals surface area contributed by atoms with Gasteiger partial charge in [0.05, 0.1) is 5.52 Å². The number of fused-ring (bicyclic) bond motifs is 1. The predicted molar refractivity (Wildman–Crippen MR) is 138 cm³/mol. The van der Waals surface area contributed by atoms with E-state index in [9.17, 15) is 0 Å². The molecule has 0 unspecified atom stereocenters. The van der Waals surface area contributed by atoms with Crippen LogP contribution in [0.2, 0.25) is 5.02 Å². The molecular formula is C28H29ClN4. The van der Waals surface area contributed by atoms with Crippen LogP contribution < -0.4 is 10.6 Å². The standard InChI is InChI=1S/C28H29ClN4/c29-23-8-11-26-27(12-15-30-28(26)18-23)32-25-9-6-21(7-10-25)19-31-24-13-16-33(17-14-24)20-22-4-2-1-3-5-22/h1-12,15,18,24,31H,13-14,16-17,19-20H2,(H,30,32). The van der Waals surface area contributed by atoms with Crippen molar-refractivity contribution in [3.8, 4) is 0 Å². The molecule has 0 spiro atoms. The van der Waals surface area contributed by atoms with Crippen molar-refractivity contribution in [3.05, 3.63) is 101 Å². The number of halogens is 1. The Balaban J connectivity index is 1.12. The fourth-order valence-electron chi connectivity index (χ4n) is 4.49. The van der Waals surface area contributed by atoms with E-state index < -0.39 is 0 Å². The largest absolute Gasteiger partial charge is 0.355 e. The summed E-state index contributed by atoms with van der Waals surface area (Å²) in [5, 5.41) is 9.03. The molecular weight excluding hydrogens is 428 g/mol. The summed E-state index contributed by atoms with van der Waals surface area (Å²) in [6, 6.07) is 27.8. The lowest BCUT2D eigenvalue weighted by Crippen LogP contribution is -2.41. The van der Waals surface area contributed by atoms with Crippen LogP contribution in [0.15, 0.2) is 85.1 Å². The lowest BCUT2D eigenvalue weighted by Gasteiger charge is -2.32. The molecule has 0 amide bonds. The molecule has 5 rings (SSSR count). The van der Waals surface area contributed by atoms with E-state index in [0.29, 0.717) is 11.1 Å². The fourth-order valence-corrected chi connectivity index (χ4v) is 4.66. The molecule has 2 heterocycles. The van der Waals surface area contributed by atoms with E-state index >= 15 is 0 Å².